The third-order valence-corrected chi connectivity index (χ3v) is 9.24. The van der Waals surface area contributed by atoms with Gasteiger partial charge in [0.1, 0.15) is 16.7 Å². The maximum absolute atomic E-state index is 14.2. The number of likely N-dealkylation sites (tertiary alicyclic amines) is 1. The Balaban J connectivity index is 1.85. The van der Waals surface area contributed by atoms with Crippen LogP contribution in [0, 0.1) is 19.8 Å². The lowest BCUT2D eigenvalue weighted by molar-refractivity contribution is 0.0692. The molecule has 0 aliphatic carbocycles. The Kier molecular flexibility index (Phi) is 6.44. The second kappa shape index (κ2) is 8.87. The highest BCUT2D eigenvalue weighted by molar-refractivity contribution is 7.93. The number of fused-ring (bicyclic) bond motifs is 1. The summed E-state index contributed by atoms with van der Waals surface area (Å²) in [7, 11) is -2.26. The molecule has 0 saturated carbocycles. The predicted octanol–water partition coefficient (Wildman–Crippen LogP) is 4.53. The minimum absolute atomic E-state index is 0.0776. The van der Waals surface area contributed by atoms with Crippen LogP contribution in [0.4, 0.5) is 5.69 Å². The predicted molar refractivity (Wildman–Crippen MR) is 130 cm³/mol. The van der Waals surface area contributed by atoms with Crippen molar-refractivity contribution >= 4 is 33.2 Å². The van der Waals surface area contributed by atoms with Gasteiger partial charge in [-0.15, -0.1) is 0 Å². The molecule has 2 aliphatic rings. The second-order valence-corrected chi connectivity index (χ2v) is 11.4. The Morgan fingerprint density at radius 1 is 1.18 bits per heavy atom. The molecule has 2 aliphatic heterocycles. The minimum atomic E-state index is -4.07. The largest absolute Gasteiger partial charge is 0.486 e. The zero-order chi connectivity index (χ0) is 24.1. The lowest BCUT2D eigenvalue weighted by Crippen LogP contribution is -2.44. The number of carbonyl (C=O) groups excluding carboxylic acids is 1. The normalized spacial score (nSPS) is 19.4. The Bertz CT molecular complexity index is 1180. The first kappa shape index (κ1) is 24.0. The van der Waals surface area contributed by atoms with Crippen molar-refractivity contribution in [2.24, 2.45) is 13.0 Å². The summed E-state index contributed by atoms with van der Waals surface area (Å²) >= 11 is 6.22. The molecule has 1 aromatic heterocycles. The van der Waals surface area contributed by atoms with E-state index in [0.29, 0.717) is 53.3 Å². The van der Waals surface area contributed by atoms with E-state index in [1.54, 1.807) is 41.6 Å². The Hall–Kier alpha value is -2.19. The number of amides is 1. The molecule has 1 saturated heterocycles. The van der Waals surface area contributed by atoms with Crippen LogP contribution in [0.5, 0.6) is 5.75 Å². The van der Waals surface area contributed by atoms with Crippen LogP contribution in [0.2, 0.25) is 5.02 Å². The monoisotopic (exact) mass is 493 g/mol. The van der Waals surface area contributed by atoms with Gasteiger partial charge in [-0.3, -0.25) is 9.10 Å². The molecular weight excluding hydrogens is 462 g/mol. The summed E-state index contributed by atoms with van der Waals surface area (Å²) in [5.74, 6) is 0.828. The van der Waals surface area contributed by atoms with Gasteiger partial charge in [-0.05, 0) is 57.2 Å². The van der Waals surface area contributed by atoms with Gasteiger partial charge < -0.3 is 14.2 Å². The molecule has 0 bridgehead atoms. The highest BCUT2D eigenvalue weighted by Crippen LogP contribution is 2.41. The van der Waals surface area contributed by atoms with Crippen molar-refractivity contribution in [1.82, 2.24) is 9.47 Å². The number of sulfonamides is 1. The van der Waals surface area contributed by atoms with Crippen molar-refractivity contribution in [3.63, 3.8) is 0 Å². The van der Waals surface area contributed by atoms with Crippen LogP contribution < -0.4 is 9.04 Å². The highest BCUT2D eigenvalue weighted by Gasteiger charge is 2.40. The third kappa shape index (κ3) is 4.12. The van der Waals surface area contributed by atoms with Gasteiger partial charge in [0.15, 0.2) is 0 Å². The highest BCUT2D eigenvalue weighted by atomic mass is 35.5. The van der Waals surface area contributed by atoms with E-state index >= 15 is 0 Å². The molecule has 0 radical (unpaired) electrons. The van der Waals surface area contributed by atoms with Crippen LogP contribution in [-0.4, -0.2) is 49.5 Å². The average molecular weight is 494 g/mol. The molecule has 1 fully saturated rings. The lowest BCUT2D eigenvalue weighted by Gasteiger charge is -2.35. The molecule has 33 heavy (non-hydrogen) atoms. The van der Waals surface area contributed by atoms with E-state index in [1.807, 2.05) is 13.8 Å². The number of hydrogen-bond acceptors (Lipinski definition) is 4. The van der Waals surface area contributed by atoms with Gasteiger partial charge in [0.2, 0.25) is 0 Å². The molecule has 3 heterocycles. The first-order chi connectivity index (χ1) is 15.6. The van der Waals surface area contributed by atoms with Crippen molar-refractivity contribution < 1.29 is 17.9 Å². The SMILES string of the molecule is CCC1CN(S(=O)(=O)c2c(C(=O)N3CCC(C)CC3)c(C)n(C)c2C)c2cc(Cl)ccc2O1. The number of piperidine rings is 1. The van der Waals surface area contributed by atoms with Crippen LogP contribution in [0.15, 0.2) is 23.1 Å². The summed E-state index contributed by atoms with van der Waals surface area (Å²) in [6, 6.07) is 5.00. The van der Waals surface area contributed by atoms with Gasteiger partial charge in [-0.25, -0.2) is 8.42 Å². The fourth-order valence-corrected chi connectivity index (χ4v) is 6.84. The number of ether oxygens (including phenoxy) is 1. The summed E-state index contributed by atoms with van der Waals surface area (Å²) < 4.78 is 37.6. The maximum atomic E-state index is 14.2. The molecular formula is C24H32ClN3O4S. The van der Waals surface area contributed by atoms with E-state index in [2.05, 4.69) is 6.92 Å². The Labute approximate surface area is 201 Å². The zero-order valence-electron chi connectivity index (χ0n) is 19.9. The number of aromatic nitrogens is 1. The molecule has 1 unspecified atom stereocenters. The second-order valence-electron chi connectivity index (χ2n) is 9.20. The van der Waals surface area contributed by atoms with Crippen LogP contribution >= 0.6 is 11.6 Å². The first-order valence-corrected chi connectivity index (χ1v) is 13.3. The first-order valence-electron chi connectivity index (χ1n) is 11.5. The van der Waals surface area contributed by atoms with Gasteiger partial charge in [0.25, 0.3) is 15.9 Å². The smallest absolute Gasteiger partial charge is 0.267 e. The summed E-state index contributed by atoms with van der Waals surface area (Å²) in [6.07, 6.45) is 2.21. The number of rotatable bonds is 4. The van der Waals surface area contributed by atoms with Gasteiger partial charge in [-0.2, -0.15) is 0 Å². The number of anilines is 1. The molecule has 0 spiro atoms. The van der Waals surface area contributed by atoms with E-state index < -0.39 is 10.0 Å². The van der Waals surface area contributed by atoms with Crippen LogP contribution in [0.3, 0.4) is 0 Å². The number of nitrogens with zero attached hydrogens (tertiary/aromatic N) is 3. The number of carbonyl (C=O) groups is 1. The van der Waals surface area contributed by atoms with Crippen LogP contribution in [-0.2, 0) is 17.1 Å². The lowest BCUT2D eigenvalue weighted by atomic mass is 9.98. The Morgan fingerprint density at radius 2 is 1.85 bits per heavy atom. The molecule has 4 rings (SSSR count). The van der Waals surface area contributed by atoms with Crippen LogP contribution in [0.1, 0.15) is 54.9 Å². The molecule has 1 aromatic carbocycles. The molecule has 0 N–H and O–H groups in total. The van der Waals surface area contributed by atoms with Gasteiger partial charge in [0.05, 0.1) is 17.8 Å². The number of benzene rings is 1. The summed E-state index contributed by atoms with van der Waals surface area (Å²) in [5.41, 5.74) is 1.87. The zero-order valence-corrected chi connectivity index (χ0v) is 21.5. The summed E-state index contributed by atoms with van der Waals surface area (Å²) in [4.78, 5) is 15.5. The van der Waals surface area contributed by atoms with Gasteiger partial charge >= 0.3 is 0 Å². The van der Waals surface area contributed by atoms with Crippen molar-refractivity contribution in [3.8, 4) is 5.75 Å². The quantitative estimate of drug-likeness (QED) is 0.627. The van der Waals surface area contributed by atoms with Gasteiger partial charge in [0, 0.05) is 36.5 Å². The van der Waals surface area contributed by atoms with Crippen LogP contribution in [0.25, 0.3) is 0 Å². The van der Waals surface area contributed by atoms with E-state index in [1.165, 1.54) is 4.31 Å². The topological polar surface area (TPSA) is 71.9 Å². The Morgan fingerprint density at radius 3 is 2.48 bits per heavy atom. The van der Waals surface area contributed by atoms with Crippen molar-refractivity contribution in [2.75, 3.05) is 23.9 Å². The molecule has 9 heteroatoms. The van der Waals surface area contributed by atoms with Gasteiger partial charge in [-0.1, -0.05) is 25.4 Å². The average Bonchev–Trinajstić information content (AvgIpc) is 3.02. The number of hydrogen-bond donors (Lipinski definition) is 0. The van der Waals surface area contributed by atoms with Crippen molar-refractivity contribution in [2.45, 2.75) is 58.0 Å². The number of halogens is 1. The summed E-state index contributed by atoms with van der Waals surface area (Å²) in [5, 5.41) is 0.423. The van der Waals surface area contributed by atoms with E-state index in [4.69, 9.17) is 16.3 Å². The minimum Gasteiger partial charge on any atom is -0.486 e. The molecule has 2 aromatic rings. The van der Waals surface area contributed by atoms with Crippen molar-refractivity contribution in [3.05, 3.63) is 40.2 Å². The molecule has 180 valence electrons. The molecule has 7 nitrogen and oxygen atoms in total. The molecule has 1 atom stereocenters. The maximum Gasteiger partial charge on any atom is 0.267 e. The standard InChI is InChI=1S/C24H32ClN3O4S/c1-6-19-14-28(20-13-18(25)7-8-21(20)32-19)33(30,31)23-17(4)26(5)16(3)22(23)24(29)27-11-9-15(2)10-12-27/h7-8,13,15,19H,6,9-12,14H2,1-5H3. The fraction of sp³-hybridized carbons (Fsp3) is 0.542. The van der Waals surface area contributed by atoms with E-state index in [-0.39, 0.29) is 29.0 Å². The van der Waals surface area contributed by atoms with E-state index in [9.17, 15) is 13.2 Å². The molecule has 1 amide bonds. The fourth-order valence-electron chi connectivity index (χ4n) is 4.69. The summed E-state index contributed by atoms with van der Waals surface area (Å²) in [6.45, 7) is 9.15. The van der Waals surface area contributed by atoms with E-state index in [0.717, 1.165) is 12.8 Å². The third-order valence-electron chi connectivity index (χ3n) is 7.06. The van der Waals surface area contributed by atoms with Crippen molar-refractivity contribution in [1.29, 1.82) is 0 Å².